The number of amides is 3. The summed E-state index contributed by atoms with van der Waals surface area (Å²) < 4.78 is 1.44. The Bertz CT molecular complexity index is 745. The number of anilines is 2. The van der Waals surface area contributed by atoms with Crippen LogP contribution in [0.15, 0.2) is 8.68 Å². The zero-order valence-electron chi connectivity index (χ0n) is 13.1. The minimum absolute atomic E-state index is 0.179. The van der Waals surface area contributed by atoms with Gasteiger partial charge in [-0.05, 0) is 18.6 Å². The normalized spacial score (nSPS) is 13.5. The predicted molar refractivity (Wildman–Crippen MR) is 101 cm³/mol. The number of aromatic nitrogens is 4. The fourth-order valence-electron chi connectivity index (χ4n) is 1.59. The molecule has 3 amide bonds. The highest BCUT2D eigenvalue weighted by atomic mass is 32.2. The van der Waals surface area contributed by atoms with E-state index in [1.165, 1.54) is 34.4 Å². The van der Waals surface area contributed by atoms with Crippen LogP contribution < -0.4 is 16.0 Å². The summed E-state index contributed by atoms with van der Waals surface area (Å²) in [6.45, 7) is 2.03. The quantitative estimate of drug-likeness (QED) is 0.442. The van der Waals surface area contributed by atoms with Gasteiger partial charge in [-0.15, -0.1) is 20.4 Å². The lowest BCUT2D eigenvalue weighted by atomic mass is 10.7. The van der Waals surface area contributed by atoms with Gasteiger partial charge >= 0.3 is 6.03 Å². The molecule has 0 bridgehead atoms. The second-order valence-electron chi connectivity index (χ2n) is 4.89. The summed E-state index contributed by atoms with van der Waals surface area (Å²) in [5.41, 5.74) is 0. The Morgan fingerprint density at radius 3 is 2.32 bits per heavy atom. The van der Waals surface area contributed by atoms with Gasteiger partial charge in [-0.2, -0.15) is 0 Å². The average Bonchev–Trinajstić information content (AvgIpc) is 3.08. The summed E-state index contributed by atoms with van der Waals surface area (Å²) in [6, 6.07) is 0.00650. The van der Waals surface area contributed by atoms with Gasteiger partial charge in [-0.1, -0.05) is 53.1 Å². The van der Waals surface area contributed by atoms with E-state index in [-0.39, 0.29) is 23.7 Å². The number of thioether (sulfide) groups is 2. The first-order chi connectivity index (χ1) is 12.1. The van der Waals surface area contributed by atoms with E-state index in [1.54, 1.807) is 11.8 Å². The molecular weight excluding hydrogens is 402 g/mol. The van der Waals surface area contributed by atoms with Crippen molar-refractivity contribution in [2.75, 3.05) is 22.1 Å². The van der Waals surface area contributed by atoms with E-state index in [0.29, 0.717) is 14.6 Å². The van der Waals surface area contributed by atoms with Crippen molar-refractivity contribution in [1.29, 1.82) is 0 Å². The van der Waals surface area contributed by atoms with Crippen LogP contribution in [0.3, 0.4) is 0 Å². The van der Waals surface area contributed by atoms with Crippen LogP contribution in [0, 0.1) is 0 Å². The highest BCUT2D eigenvalue weighted by Crippen LogP contribution is 2.27. The molecule has 9 nitrogen and oxygen atoms in total. The third-order valence-electron chi connectivity index (χ3n) is 2.79. The van der Waals surface area contributed by atoms with Gasteiger partial charge in [0.2, 0.25) is 16.2 Å². The predicted octanol–water partition coefficient (Wildman–Crippen LogP) is 2.52. The van der Waals surface area contributed by atoms with E-state index in [0.717, 1.165) is 22.9 Å². The van der Waals surface area contributed by atoms with Gasteiger partial charge < -0.3 is 5.32 Å². The average molecular weight is 418 g/mol. The van der Waals surface area contributed by atoms with Crippen molar-refractivity contribution in [3.63, 3.8) is 0 Å². The lowest BCUT2D eigenvalue weighted by molar-refractivity contribution is -0.113. The first kappa shape index (κ1) is 18.4. The number of urea groups is 1. The monoisotopic (exact) mass is 417 g/mol. The second-order valence-corrected chi connectivity index (χ2v) is 9.58. The highest BCUT2D eigenvalue weighted by Gasteiger charge is 2.23. The van der Waals surface area contributed by atoms with Crippen LogP contribution in [0.1, 0.15) is 19.8 Å². The molecular formula is C12H15N7O2S4. The van der Waals surface area contributed by atoms with Crippen LogP contribution >= 0.6 is 46.2 Å². The van der Waals surface area contributed by atoms with Crippen LogP contribution in [0.2, 0.25) is 0 Å². The van der Waals surface area contributed by atoms with Gasteiger partial charge in [0.25, 0.3) is 0 Å². The minimum atomic E-state index is -0.273. The van der Waals surface area contributed by atoms with Gasteiger partial charge in [0.05, 0.1) is 5.75 Å². The van der Waals surface area contributed by atoms with Crippen LogP contribution in [0.4, 0.5) is 15.1 Å². The lowest BCUT2D eigenvalue weighted by Gasteiger charge is -2.01. The number of nitrogens with one attached hydrogen (secondary N) is 3. The molecule has 3 N–H and O–H groups in total. The third-order valence-corrected chi connectivity index (χ3v) is 6.61. The maximum Gasteiger partial charge on any atom is 0.321 e. The highest BCUT2D eigenvalue weighted by molar-refractivity contribution is 8.01. The van der Waals surface area contributed by atoms with Crippen molar-refractivity contribution in [2.24, 2.45) is 0 Å². The lowest BCUT2D eigenvalue weighted by Crippen LogP contribution is -2.30. The van der Waals surface area contributed by atoms with Gasteiger partial charge in [0.15, 0.2) is 8.68 Å². The summed E-state index contributed by atoms with van der Waals surface area (Å²) in [5, 5.41) is 24.8. The zero-order chi connectivity index (χ0) is 17.6. The first-order valence-corrected chi connectivity index (χ1v) is 11.0. The van der Waals surface area contributed by atoms with E-state index in [4.69, 9.17) is 0 Å². The molecule has 25 heavy (non-hydrogen) atoms. The summed E-state index contributed by atoms with van der Waals surface area (Å²) in [6.07, 6.45) is 2.04. The van der Waals surface area contributed by atoms with E-state index in [2.05, 4.69) is 36.3 Å². The summed E-state index contributed by atoms with van der Waals surface area (Å²) >= 11 is 5.41. The molecule has 1 aliphatic rings. The molecule has 0 aromatic carbocycles. The summed E-state index contributed by atoms with van der Waals surface area (Å²) in [7, 11) is 0. The molecule has 1 aliphatic carbocycles. The molecule has 0 aliphatic heterocycles. The Balaban J connectivity index is 1.41. The fraction of sp³-hybridized carbons (Fsp3) is 0.500. The maximum absolute atomic E-state index is 11.9. The molecule has 3 rings (SSSR count). The second kappa shape index (κ2) is 8.78. The number of nitrogens with zero attached hydrogens (tertiary/aromatic N) is 4. The molecule has 0 unspecified atom stereocenters. The van der Waals surface area contributed by atoms with E-state index in [1.807, 2.05) is 6.92 Å². The number of hydrogen-bond acceptors (Lipinski definition) is 10. The van der Waals surface area contributed by atoms with Gasteiger partial charge in [0.1, 0.15) is 0 Å². The van der Waals surface area contributed by atoms with Crippen LogP contribution in [-0.4, -0.2) is 49.9 Å². The number of rotatable bonds is 8. The molecule has 0 spiro atoms. The molecule has 134 valence electrons. The van der Waals surface area contributed by atoms with Crippen molar-refractivity contribution >= 4 is 68.4 Å². The summed E-state index contributed by atoms with van der Waals surface area (Å²) in [4.78, 5) is 23.6. The third kappa shape index (κ3) is 6.09. The Labute approximate surface area is 160 Å². The van der Waals surface area contributed by atoms with Gasteiger partial charge in [-0.25, -0.2) is 4.79 Å². The largest absolute Gasteiger partial charge is 0.335 e. The van der Waals surface area contributed by atoms with E-state index < -0.39 is 0 Å². The zero-order valence-corrected chi connectivity index (χ0v) is 16.4. The van der Waals surface area contributed by atoms with Crippen molar-refractivity contribution < 1.29 is 9.59 Å². The number of carbonyl (C=O) groups is 2. The Hall–Kier alpha value is -1.44. The maximum atomic E-state index is 11.9. The summed E-state index contributed by atoms with van der Waals surface area (Å²) in [5.74, 6) is 0.897. The van der Waals surface area contributed by atoms with Crippen LogP contribution in [-0.2, 0) is 4.79 Å². The minimum Gasteiger partial charge on any atom is -0.335 e. The number of hydrogen-bond donors (Lipinski definition) is 3. The van der Waals surface area contributed by atoms with Crippen molar-refractivity contribution in [3.05, 3.63) is 0 Å². The molecule has 1 saturated carbocycles. The van der Waals surface area contributed by atoms with E-state index >= 15 is 0 Å². The Kier molecular flexibility index (Phi) is 6.45. The van der Waals surface area contributed by atoms with Crippen molar-refractivity contribution in [2.45, 2.75) is 34.5 Å². The topological polar surface area (TPSA) is 122 Å². The molecule has 2 heterocycles. The molecule has 0 saturated heterocycles. The van der Waals surface area contributed by atoms with Crippen molar-refractivity contribution in [1.82, 2.24) is 25.7 Å². The Morgan fingerprint density at radius 1 is 1.04 bits per heavy atom. The Morgan fingerprint density at radius 2 is 1.68 bits per heavy atom. The number of carbonyl (C=O) groups excluding carboxylic acids is 2. The molecule has 0 atom stereocenters. The van der Waals surface area contributed by atoms with Gasteiger partial charge in [0, 0.05) is 6.04 Å². The molecule has 2 aromatic heterocycles. The fourth-order valence-corrected chi connectivity index (χ4v) is 4.80. The van der Waals surface area contributed by atoms with Crippen LogP contribution in [0.25, 0.3) is 0 Å². The standard InChI is InChI=1S/C12H15N7O2S4/c1-2-22-11-18-16-9(24-11)14-7(20)5-23-12-19-17-10(25-12)15-8(21)13-6-3-4-6/h6H,2-5H2,1H3,(H,14,16,20)(H2,13,15,17,21). The van der Waals surface area contributed by atoms with Crippen LogP contribution in [0.5, 0.6) is 0 Å². The SMILES string of the molecule is CCSc1nnc(NC(=O)CSc2nnc(NC(=O)NC3CC3)s2)s1. The smallest absolute Gasteiger partial charge is 0.321 e. The molecule has 0 radical (unpaired) electrons. The van der Waals surface area contributed by atoms with E-state index in [9.17, 15) is 9.59 Å². The molecule has 13 heteroatoms. The molecule has 1 fully saturated rings. The molecule has 2 aromatic rings. The van der Waals surface area contributed by atoms with Gasteiger partial charge in [-0.3, -0.25) is 15.4 Å². The van der Waals surface area contributed by atoms with Crippen molar-refractivity contribution in [3.8, 4) is 0 Å². The first-order valence-electron chi connectivity index (χ1n) is 7.42.